The maximum Gasteiger partial charge on any atom is 0.308 e. The summed E-state index contributed by atoms with van der Waals surface area (Å²) in [6, 6.07) is 7.76. The number of likely N-dealkylation sites (tertiary alicyclic amines) is 2. The summed E-state index contributed by atoms with van der Waals surface area (Å²) in [4.78, 5) is 29.0. The van der Waals surface area contributed by atoms with Crippen LogP contribution in [0.2, 0.25) is 5.02 Å². The summed E-state index contributed by atoms with van der Waals surface area (Å²) in [6.45, 7) is 3.38. The minimum atomic E-state index is -0.711. The maximum atomic E-state index is 12.7. The second-order valence-corrected chi connectivity index (χ2v) is 9.23. The van der Waals surface area contributed by atoms with Gasteiger partial charge in [0.15, 0.2) is 0 Å². The Morgan fingerprint density at radius 1 is 1.14 bits per heavy atom. The van der Waals surface area contributed by atoms with Crippen LogP contribution >= 0.6 is 11.6 Å². The summed E-state index contributed by atoms with van der Waals surface area (Å²) in [6.07, 6.45) is 5.91. The number of benzene rings is 1. The molecule has 1 atom stereocenters. The number of hydrogen-bond acceptors (Lipinski definition) is 3. The van der Waals surface area contributed by atoms with Crippen molar-refractivity contribution in [2.75, 3.05) is 26.2 Å². The Labute approximate surface area is 171 Å². The Balaban J connectivity index is 1.43. The number of hydrogen-bond donors (Lipinski definition) is 1. The van der Waals surface area contributed by atoms with E-state index in [-0.39, 0.29) is 17.3 Å². The highest BCUT2D eigenvalue weighted by Crippen LogP contribution is 2.46. The molecule has 3 fully saturated rings. The fraction of sp³-hybridized carbons (Fsp3) is 0.636. The molecule has 1 unspecified atom stereocenters. The summed E-state index contributed by atoms with van der Waals surface area (Å²) in [7, 11) is 0. The first-order valence-corrected chi connectivity index (χ1v) is 10.8. The van der Waals surface area contributed by atoms with Gasteiger partial charge >= 0.3 is 5.97 Å². The zero-order chi connectivity index (χ0) is 19.7. The number of carboxylic acid groups (broad SMARTS) is 1. The largest absolute Gasteiger partial charge is 0.481 e. The molecule has 1 aromatic rings. The van der Waals surface area contributed by atoms with Gasteiger partial charge in [0.2, 0.25) is 5.91 Å². The molecule has 1 spiro atoms. The van der Waals surface area contributed by atoms with Crippen LogP contribution in [0.4, 0.5) is 0 Å². The van der Waals surface area contributed by atoms with Crippen molar-refractivity contribution in [3.05, 3.63) is 34.9 Å². The number of aliphatic carboxylic acids is 1. The van der Waals surface area contributed by atoms with Crippen LogP contribution in [0.5, 0.6) is 0 Å². The smallest absolute Gasteiger partial charge is 0.308 e. The Bertz CT molecular complexity index is 739. The molecule has 0 bridgehead atoms. The first kappa shape index (κ1) is 19.7. The lowest BCUT2D eigenvalue weighted by molar-refractivity contribution is -0.147. The molecule has 1 aliphatic carbocycles. The number of piperidine rings is 1. The van der Waals surface area contributed by atoms with Gasteiger partial charge in [-0.1, -0.05) is 42.6 Å². The molecule has 3 aliphatic rings. The van der Waals surface area contributed by atoms with Crippen molar-refractivity contribution in [2.45, 2.75) is 45.1 Å². The lowest BCUT2D eigenvalue weighted by Gasteiger charge is -2.42. The van der Waals surface area contributed by atoms with Crippen molar-refractivity contribution in [2.24, 2.45) is 17.3 Å². The summed E-state index contributed by atoms with van der Waals surface area (Å²) in [5.41, 5.74) is 0.804. The molecule has 0 radical (unpaired) electrons. The van der Waals surface area contributed by atoms with Crippen molar-refractivity contribution in [1.29, 1.82) is 0 Å². The molecule has 1 N–H and O–H groups in total. The van der Waals surface area contributed by atoms with E-state index in [1.807, 2.05) is 29.2 Å². The molecule has 2 aliphatic heterocycles. The second kappa shape index (κ2) is 8.03. The van der Waals surface area contributed by atoms with Crippen molar-refractivity contribution in [3.8, 4) is 0 Å². The van der Waals surface area contributed by atoms with Crippen LogP contribution < -0.4 is 0 Å². The first-order valence-electron chi connectivity index (χ1n) is 10.5. The van der Waals surface area contributed by atoms with E-state index >= 15 is 0 Å². The van der Waals surface area contributed by atoms with Crippen LogP contribution in [0, 0.1) is 17.3 Å². The molecule has 2 saturated heterocycles. The average Bonchev–Trinajstić information content (AvgIpc) is 3.33. The van der Waals surface area contributed by atoms with E-state index in [0.29, 0.717) is 32.1 Å². The predicted octanol–water partition coefficient (Wildman–Crippen LogP) is 3.66. The topological polar surface area (TPSA) is 60.9 Å². The third-order valence-corrected chi connectivity index (χ3v) is 7.51. The second-order valence-electron chi connectivity index (χ2n) is 8.82. The average molecular weight is 405 g/mol. The monoisotopic (exact) mass is 404 g/mol. The van der Waals surface area contributed by atoms with Gasteiger partial charge in [0.05, 0.1) is 5.92 Å². The van der Waals surface area contributed by atoms with E-state index in [2.05, 4.69) is 4.90 Å². The van der Waals surface area contributed by atoms with Gasteiger partial charge in [0.1, 0.15) is 0 Å². The SMILES string of the molecule is O=C(O)C1CN(Cc2ccccc2Cl)CC12CCN(C(=O)C1CCCC1)CC2. The van der Waals surface area contributed by atoms with E-state index in [1.54, 1.807) is 0 Å². The molecule has 4 rings (SSSR count). The zero-order valence-electron chi connectivity index (χ0n) is 16.3. The third kappa shape index (κ3) is 3.79. The van der Waals surface area contributed by atoms with Crippen LogP contribution in [0.1, 0.15) is 44.1 Å². The lowest BCUT2D eigenvalue weighted by Crippen LogP contribution is -2.49. The highest BCUT2D eigenvalue weighted by Gasteiger charge is 2.51. The summed E-state index contributed by atoms with van der Waals surface area (Å²) < 4.78 is 0. The van der Waals surface area contributed by atoms with E-state index in [9.17, 15) is 14.7 Å². The quantitative estimate of drug-likeness (QED) is 0.831. The normalized spacial score (nSPS) is 25.5. The van der Waals surface area contributed by atoms with Crippen molar-refractivity contribution in [3.63, 3.8) is 0 Å². The van der Waals surface area contributed by atoms with Gasteiger partial charge in [-0.05, 0) is 37.3 Å². The number of rotatable bonds is 4. The van der Waals surface area contributed by atoms with Gasteiger partial charge in [0, 0.05) is 49.1 Å². The fourth-order valence-electron chi connectivity index (χ4n) is 5.51. The van der Waals surface area contributed by atoms with Crippen LogP contribution in [0.25, 0.3) is 0 Å². The Morgan fingerprint density at radius 2 is 1.82 bits per heavy atom. The number of nitrogens with zero attached hydrogens (tertiary/aromatic N) is 2. The van der Waals surface area contributed by atoms with Gasteiger partial charge in [-0.15, -0.1) is 0 Å². The van der Waals surface area contributed by atoms with E-state index < -0.39 is 5.97 Å². The maximum absolute atomic E-state index is 12.7. The molecule has 1 saturated carbocycles. The number of carbonyl (C=O) groups is 2. The molecule has 1 aromatic carbocycles. The molecule has 28 heavy (non-hydrogen) atoms. The number of carbonyl (C=O) groups excluding carboxylic acids is 1. The van der Waals surface area contributed by atoms with E-state index in [1.165, 1.54) is 0 Å². The molecule has 0 aromatic heterocycles. The number of amides is 1. The lowest BCUT2D eigenvalue weighted by atomic mass is 9.70. The highest BCUT2D eigenvalue weighted by atomic mass is 35.5. The van der Waals surface area contributed by atoms with Gasteiger partial charge in [-0.25, -0.2) is 0 Å². The molecule has 152 valence electrons. The van der Waals surface area contributed by atoms with Gasteiger partial charge < -0.3 is 10.0 Å². The molecule has 2 heterocycles. The van der Waals surface area contributed by atoms with Crippen molar-refractivity contribution < 1.29 is 14.7 Å². The summed E-state index contributed by atoms with van der Waals surface area (Å²) >= 11 is 6.31. The summed E-state index contributed by atoms with van der Waals surface area (Å²) in [5, 5.41) is 10.6. The fourth-order valence-corrected chi connectivity index (χ4v) is 5.71. The van der Waals surface area contributed by atoms with Crippen LogP contribution in [0.3, 0.4) is 0 Å². The summed E-state index contributed by atoms with van der Waals surface area (Å²) in [5.74, 6) is -0.592. The van der Waals surface area contributed by atoms with Crippen molar-refractivity contribution >= 4 is 23.5 Å². The van der Waals surface area contributed by atoms with E-state index in [0.717, 1.165) is 55.7 Å². The van der Waals surface area contributed by atoms with Crippen molar-refractivity contribution in [1.82, 2.24) is 9.80 Å². The van der Waals surface area contributed by atoms with Gasteiger partial charge in [-0.2, -0.15) is 0 Å². The standard InChI is InChI=1S/C22H29ClN2O3/c23-19-8-4-3-7-17(19)13-24-14-18(21(27)28)22(15-24)9-11-25(12-10-22)20(26)16-5-1-2-6-16/h3-4,7-8,16,18H,1-2,5-6,9-15H2,(H,27,28). The molecule has 1 amide bonds. The Morgan fingerprint density at radius 3 is 2.46 bits per heavy atom. The predicted molar refractivity (Wildman–Crippen MR) is 108 cm³/mol. The Kier molecular flexibility index (Phi) is 5.66. The van der Waals surface area contributed by atoms with Gasteiger partial charge in [0.25, 0.3) is 0 Å². The molecule has 6 heteroatoms. The number of carboxylic acids is 1. The molecular formula is C22H29ClN2O3. The van der Waals surface area contributed by atoms with E-state index in [4.69, 9.17) is 11.6 Å². The molecule has 5 nitrogen and oxygen atoms in total. The number of halogens is 1. The minimum absolute atomic E-state index is 0.199. The first-order chi connectivity index (χ1) is 13.5. The Hall–Kier alpha value is -1.59. The highest BCUT2D eigenvalue weighted by molar-refractivity contribution is 6.31. The van der Waals surface area contributed by atoms with Gasteiger partial charge in [-0.3, -0.25) is 14.5 Å². The van der Waals surface area contributed by atoms with Crippen LogP contribution in [-0.2, 0) is 16.1 Å². The zero-order valence-corrected chi connectivity index (χ0v) is 17.0. The van der Waals surface area contributed by atoms with Crippen LogP contribution in [0.15, 0.2) is 24.3 Å². The minimum Gasteiger partial charge on any atom is -0.481 e. The third-order valence-electron chi connectivity index (χ3n) is 7.14. The van der Waals surface area contributed by atoms with Crippen LogP contribution in [-0.4, -0.2) is 53.0 Å². The molecular weight excluding hydrogens is 376 g/mol.